The molecule has 0 spiro atoms. The van der Waals surface area contributed by atoms with Crippen molar-refractivity contribution in [3.05, 3.63) is 59.9 Å². The van der Waals surface area contributed by atoms with Gasteiger partial charge in [-0.15, -0.1) is 0 Å². The summed E-state index contributed by atoms with van der Waals surface area (Å²) >= 11 is 0. The highest BCUT2D eigenvalue weighted by Crippen LogP contribution is 2.35. The Kier molecular flexibility index (Phi) is 5.25. The van der Waals surface area contributed by atoms with E-state index in [2.05, 4.69) is 51.3 Å². The van der Waals surface area contributed by atoms with Crippen LogP contribution in [0.2, 0.25) is 0 Å². The smallest absolute Gasteiger partial charge is 0.154 e. The second-order valence-corrected chi connectivity index (χ2v) is 9.22. The molecule has 4 aromatic rings. The van der Waals surface area contributed by atoms with Crippen molar-refractivity contribution in [1.29, 1.82) is 0 Å². The number of fused-ring (bicyclic) bond motifs is 1. The standard InChI is InChI=1S/C25H28N6O2/c1-15-8-21(22(13-26-15)33-20-12-25(4,5)32-14-20)18-6-7-31-19(10-18)11-24(30-31)29-23-9-16(2)27-17(3)28-23/h6-11,13,20H,12,14H2,1-5H3,(H,27,28,29,30). The summed E-state index contributed by atoms with van der Waals surface area (Å²) in [5.41, 5.74) is 4.69. The molecule has 1 N–H and O–H groups in total. The predicted octanol–water partition coefficient (Wildman–Crippen LogP) is 4.80. The maximum Gasteiger partial charge on any atom is 0.154 e. The molecule has 0 saturated carbocycles. The Hall–Kier alpha value is -3.52. The minimum absolute atomic E-state index is 0.0116. The second kappa shape index (κ2) is 8.12. The zero-order chi connectivity index (χ0) is 23.2. The minimum atomic E-state index is -0.163. The molecule has 1 aliphatic heterocycles. The SMILES string of the molecule is Cc1cc(-c2ccn3nc(Nc4cc(C)nc(C)n4)cc3c2)c(OC2COC(C)(C)C2)cn1. The Morgan fingerprint density at radius 1 is 1.06 bits per heavy atom. The van der Waals surface area contributed by atoms with E-state index in [4.69, 9.17) is 9.47 Å². The first kappa shape index (κ1) is 21.3. The largest absolute Gasteiger partial charge is 0.486 e. The van der Waals surface area contributed by atoms with Gasteiger partial charge in [-0.2, -0.15) is 5.10 Å². The molecule has 1 saturated heterocycles. The summed E-state index contributed by atoms with van der Waals surface area (Å²) < 4.78 is 14.0. The van der Waals surface area contributed by atoms with Gasteiger partial charge in [0.1, 0.15) is 23.5 Å². The average Bonchev–Trinajstić information content (AvgIpc) is 3.29. The minimum Gasteiger partial charge on any atom is -0.486 e. The maximum absolute atomic E-state index is 6.33. The van der Waals surface area contributed by atoms with Crippen LogP contribution in [-0.4, -0.2) is 42.9 Å². The molecule has 0 radical (unpaired) electrons. The van der Waals surface area contributed by atoms with Crippen molar-refractivity contribution in [2.24, 2.45) is 0 Å². The molecular formula is C25H28N6O2. The number of pyridine rings is 2. The first-order valence-electron chi connectivity index (χ1n) is 11.1. The first-order valence-corrected chi connectivity index (χ1v) is 11.1. The predicted molar refractivity (Wildman–Crippen MR) is 127 cm³/mol. The van der Waals surface area contributed by atoms with Crippen molar-refractivity contribution in [3.63, 3.8) is 0 Å². The Bertz CT molecular complexity index is 1310. The fourth-order valence-corrected chi connectivity index (χ4v) is 4.24. The van der Waals surface area contributed by atoms with Crippen molar-refractivity contribution >= 4 is 17.2 Å². The summed E-state index contributed by atoms with van der Waals surface area (Å²) in [6.07, 6.45) is 4.62. The number of hydrogen-bond donors (Lipinski definition) is 1. The van der Waals surface area contributed by atoms with Gasteiger partial charge < -0.3 is 14.8 Å². The molecule has 0 bridgehead atoms. The number of nitrogens with one attached hydrogen (secondary N) is 1. The van der Waals surface area contributed by atoms with Crippen molar-refractivity contribution in [2.75, 3.05) is 11.9 Å². The van der Waals surface area contributed by atoms with E-state index in [0.717, 1.165) is 57.7 Å². The van der Waals surface area contributed by atoms with Crippen molar-refractivity contribution in [2.45, 2.75) is 52.7 Å². The number of ether oxygens (including phenoxy) is 2. The number of hydrogen-bond acceptors (Lipinski definition) is 7. The molecular weight excluding hydrogens is 416 g/mol. The van der Waals surface area contributed by atoms with Crippen LogP contribution in [0.1, 0.15) is 37.5 Å². The van der Waals surface area contributed by atoms with Crippen LogP contribution in [0.25, 0.3) is 16.6 Å². The lowest BCUT2D eigenvalue weighted by atomic mass is 10.0. The van der Waals surface area contributed by atoms with Gasteiger partial charge >= 0.3 is 0 Å². The average molecular weight is 445 g/mol. The first-order chi connectivity index (χ1) is 15.7. The molecule has 0 amide bonds. The molecule has 170 valence electrons. The van der Waals surface area contributed by atoms with Gasteiger partial charge in [0.2, 0.25) is 0 Å². The highest BCUT2D eigenvalue weighted by atomic mass is 16.6. The molecule has 8 heteroatoms. The number of anilines is 2. The summed E-state index contributed by atoms with van der Waals surface area (Å²) in [6, 6.07) is 10.1. The fourth-order valence-electron chi connectivity index (χ4n) is 4.24. The molecule has 1 unspecified atom stereocenters. The van der Waals surface area contributed by atoms with Crippen LogP contribution < -0.4 is 10.1 Å². The third kappa shape index (κ3) is 4.66. The molecule has 5 heterocycles. The number of rotatable bonds is 5. The van der Waals surface area contributed by atoms with E-state index in [1.165, 1.54) is 0 Å². The van der Waals surface area contributed by atoms with Crippen molar-refractivity contribution < 1.29 is 9.47 Å². The molecule has 0 aliphatic carbocycles. The van der Waals surface area contributed by atoms with E-state index in [-0.39, 0.29) is 11.7 Å². The Labute approximate surface area is 193 Å². The Morgan fingerprint density at radius 2 is 1.91 bits per heavy atom. The summed E-state index contributed by atoms with van der Waals surface area (Å²) in [5, 5.41) is 7.91. The normalized spacial score (nSPS) is 17.4. The lowest BCUT2D eigenvalue weighted by Crippen LogP contribution is -2.20. The van der Waals surface area contributed by atoms with Crippen LogP contribution in [-0.2, 0) is 4.74 Å². The summed E-state index contributed by atoms with van der Waals surface area (Å²) in [6.45, 7) is 10.6. The quantitative estimate of drug-likeness (QED) is 0.473. The van der Waals surface area contributed by atoms with Gasteiger partial charge in [-0.3, -0.25) is 4.98 Å². The Morgan fingerprint density at radius 3 is 2.67 bits per heavy atom. The zero-order valence-electron chi connectivity index (χ0n) is 19.6. The van der Waals surface area contributed by atoms with Crippen molar-refractivity contribution in [1.82, 2.24) is 24.6 Å². The molecule has 1 atom stereocenters. The van der Waals surface area contributed by atoms with Gasteiger partial charge in [0, 0.05) is 41.7 Å². The number of aromatic nitrogens is 5. The van der Waals surface area contributed by atoms with Crippen LogP contribution >= 0.6 is 0 Å². The topological polar surface area (TPSA) is 86.5 Å². The zero-order valence-corrected chi connectivity index (χ0v) is 19.6. The molecule has 1 aliphatic rings. The molecule has 0 aromatic carbocycles. The molecule has 33 heavy (non-hydrogen) atoms. The molecule has 5 rings (SSSR count). The van der Waals surface area contributed by atoms with Gasteiger partial charge in [0.25, 0.3) is 0 Å². The second-order valence-electron chi connectivity index (χ2n) is 9.22. The lowest BCUT2D eigenvalue weighted by Gasteiger charge is -2.18. The van der Waals surface area contributed by atoms with Crippen LogP contribution in [0.3, 0.4) is 0 Å². The highest BCUT2D eigenvalue weighted by Gasteiger charge is 2.33. The lowest BCUT2D eigenvalue weighted by molar-refractivity contribution is 0.0319. The van der Waals surface area contributed by atoms with E-state index in [0.29, 0.717) is 6.61 Å². The van der Waals surface area contributed by atoms with Crippen molar-refractivity contribution in [3.8, 4) is 16.9 Å². The van der Waals surface area contributed by atoms with E-state index in [1.54, 1.807) is 0 Å². The van der Waals surface area contributed by atoms with Gasteiger partial charge in [0.15, 0.2) is 5.82 Å². The molecule has 1 fully saturated rings. The van der Waals surface area contributed by atoms with Crippen LogP contribution in [0.5, 0.6) is 5.75 Å². The van der Waals surface area contributed by atoms with Gasteiger partial charge in [0.05, 0.1) is 23.9 Å². The number of nitrogens with zero attached hydrogens (tertiary/aromatic N) is 5. The van der Waals surface area contributed by atoms with Gasteiger partial charge in [-0.05, 0) is 58.4 Å². The van der Waals surface area contributed by atoms with E-state index in [1.807, 2.05) is 55.9 Å². The van der Waals surface area contributed by atoms with Crippen LogP contribution in [0.4, 0.5) is 11.6 Å². The maximum atomic E-state index is 6.33. The highest BCUT2D eigenvalue weighted by molar-refractivity contribution is 5.75. The monoisotopic (exact) mass is 444 g/mol. The van der Waals surface area contributed by atoms with Gasteiger partial charge in [-0.1, -0.05) is 0 Å². The third-order valence-electron chi connectivity index (χ3n) is 5.67. The molecule has 4 aromatic heterocycles. The fraction of sp³-hybridized carbons (Fsp3) is 0.360. The Balaban J connectivity index is 1.45. The van der Waals surface area contributed by atoms with Crippen LogP contribution in [0, 0.1) is 20.8 Å². The summed E-state index contributed by atoms with van der Waals surface area (Å²) in [7, 11) is 0. The van der Waals surface area contributed by atoms with Crippen LogP contribution in [0.15, 0.2) is 42.7 Å². The molecule has 8 nitrogen and oxygen atoms in total. The van der Waals surface area contributed by atoms with Gasteiger partial charge in [-0.25, -0.2) is 14.5 Å². The summed E-state index contributed by atoms with van der Waals surface area (Å²) in [5.74, 6) is 2.93. The summed E-state index contributed by atoms with van der Waals surface area (Å²) in [4.78, 5) is 13.2. The van der Waals surface area contributed by atoms with E-state index >= 15 is 0 Å². The van der Waals surface area contributed by atoms with E-state index < -0.39 is 0 Å². The number of aryl methyl sites for hydroxylation is 3. The van der Waals surface area contributed by atoms with E-state index in [9.17, 15) is 0 Å². The third-order valence-corrected chi connectivity index (χ3v) is 5.67.